The van der Waals surface area contributed by atoms with Crippen LogP contribution in [0, 0.1) is 0 Å². The number of hydrogen-bond donors (Lipinski definition) is 3. The number of amides is 1. The number of morpholine rings is 1. The molecule has 0 unspecified atom stereocenters. The van der Waals surface area contributed by atoms with Gasteiger partial charge in [0.25, 0.3) is 5.91 Å². The van der Waals surface area contributed by atoms with Gasteiger partial charge in [0, 0.05) is 13.1 Å². The van der Waals surface area contributed by atoms with Gasteiger partial charge in [-0.25, -0.2) is 13.6 Å². The van der Waals surface area contributed by atoms with E-state index in [9.17, 15) is 13.2 Å². The number of rotatable bonds is 5. The first-order chi connectivity index (χ1) is 11.3. The second-order valence-electron chi connectivity index (χ2n) is 4.91. The van der Waals surface area contributed by atoms with E-state index in [1.165, 1.54) is 24.3 Å². The van der Waals surface area contributed by atoms with Crippen molar-refractivity contribution >= 4 is 44.5 Å². The van der Waals surface area contributed by atoms with Gasteiger partial charge >= 0.3 is 0 Å². The van der Waals surface area contributed by atoms with Crippen molar-refractivity contribution in [3.05, 3.63) is 24.3 Å². The molecule has 1 aliphatic rings. The minimum absolute atomic E-state index is 0.0315. The van der Waals surface area contributed by atoms with Gasteiger partial charge < -0.3 is 15.4 Å². The first kappa shape index (κ1) is 18.3. The Labute approximate surface area is 144 Å². The van der Waals surface area contributed by atoms with Gasteiger partial charge in [0.15, 0.2) is 5.71 Å². The van der Waals surface area contributed by atoms with Crippen LogP contribution in [-0.4, -0.2) is 56.2 Å². The van der Waals surface area contributed by atoms with Crippen molar-refractivity contribution in [2.24, 2.45) is 16.0 Å². The predicted molar refractivity (Wildman–Crippen MR) is 93.1 cm³/mol. The standard InChI is InChI=1S/C13H17N5O4S2/c14-12(23)11(13(19)18-5-7-22-8-6-18)17-16-9-1-3-10(4-2-9)24(15,20)21/h1-4,16H,5-8H2,(H2,14,23)(H2,15,20,21)/b17-11-. The lowest BCUT2D eigenvalue weighted by Gasteiger charge is -2.26. The largest absolute Gasteiger partial charge is 0.388 e. The Morgan fingerprint density at radius 3 is 2.33 bits per heavy atom. The van der Waals surface area contributed by atoms with Gasteiger partial charge in [-0.2, -0.15) is 5.10 Å². The lowest BCUT2D eigenvalue weighted by atomic mass is 10.3. The number of benzene rings is 1. The van der Waals surface area contributed by atoms with Crippen LogP contribution < -0.4 is 16.3 Å². The summed E-state index contributed by atoms with van der Waals surface area (Å²) >= 11 is 4.88. The molecule has 0 saturated carbocycles. The van der Waals surface area contributed by atoms with E-state index in [1.54, 1.807) is 4.90 Å². The molecule has 0 atom stereocenters. The molecular weight excluding hydrogens is 354 g/mol. The molecule has 0 aliphatic carbocycles. The van der Waals surface area contributed by atoms with Crippen LogP contribution in [0.3, 0.4) is 0 Å². The Balaban J connectivity index is 2.13. The normalized spacial score (nSPS) is 15.9. The van der Waals surface area contributed by atoms with Crippen LogP contribution in [0.5, 0.6) is 0 Å². The van der Waals surface area contributed by atoms with Crippen molar-refractivity contribution in [1.82, 2.24) is 4.90 Å². The molecule has 9 nitrogen and oxygen atoms in total. The molecule has 24 heavy (non-hydrogen) atoms. The van der Waals surface area contributed by atoms with Crippen LogP contribution in [-0.2, 0) is 19.6 Å². The molecule has 5 N–H and O–H groups in total. The number of hydrogen-bond acceptors (Lipinski definition) is 7. The number of nitrogens with two attached hydrogens (primary N) is 2. The quantitative estimate of drug-likeness (QED) is 0.351. The minimum Gasteiger partial charge on any atom is -0.388 e. The van der Waals surface area contributed by atoms with E-state index in [0.29, 0.717) is 32.0 Å². The lowest BCUT2D eigenvalue weighted by Crippen LogP contribution is -2.47. The molecule has 130 valence electrons. The maximum atomic E-state index is 12.4. The average Bonchev–Trinajstić information content (AvgIpc) is 2.55. The van der Waals surface area contributed by atoms with Gasteiger partial charge in [-0.05, 0) is 24.3 Å². The van der Waals surface area contributed by atoms with Crippen LogP contribution >= 0.6 is 12.2 Å². The van der Waals surface area contributed by atoms with Crippen molar-refractivity contribution in [2.75, 3.05) is 31.7 Å². The number of hydrazone groups is 1. The highest BCUT2D eigenvalue weighted by molar-refractivity contribution is 7.89. The van der Waals surface area contributed by atoms with Crippen molar-refractivity contribution in [1.29, 1.82) is 0 Å². The number of primary sulfonamides is 1. The van der Waals surface area contributed by atoms with Crippen molar-refractivity contribution in [3.63, 3.8) is 0 Å². The number of carbonyl (C=O) groups excluding carboxylic acids is 1. The van der Waals surface area contributed by atoms with Gasteiger partial charge in [-0.15, -0.1) is 0 Å². The zero-order chi connectivity index (χ0) is 17.7. The van der Waals surface area contributed by atoms with Gasteiger partial charge in [-0.1, -0.05) is 12.2 Å². The van der Waals surface area contributed by atoms with E-state index in [1.807, 2.05) is 0 Å². The Morgan fingerprint density at radius 2 is 1.83 bits per heavy atom. The molecule has 1 fully saturated rings. The van der Waals surface area contributed by atoms with Crippen LogP contribution in [0.1, 0.15) is 0 Å². The summed E-state index contributed by atoms with van der Waals surface area (Å²) in [6.45, 7) is 1.75. The van der Waals surface area contributed by atoms with Crippen molar-refractivity contribution in [3.8, 4) is 0 Å². The Bertz CT molecular complexity index is 755. The third-order valence-electron chi connectivity index (χ3n) is 3.21. The summed E-state index contributed by atoms with van der Waals surface area (Å²) in [7, 11) is -3.77. The summed E-state index contributed by atoms with van der Waals surface area (Å²) in [5, 5.41) is 8.97. The van der Waals surface area contributed by atoms with Gasteiger partial charge in [0.2, 0.25) is 10.0 Å². The maximum Gasteiger partial charge on any atom is 0.277 e. The predicted octanol–water partition coefficient (Wildman–Crippen LogP) is -0.753. The monoisotopic (exact) mass is 371 g/mol. The first-order valence-corrected chi connectivity index (χ1v) is 8.88. The highest BCUT2D eigenvalue weighted by Gasteiger charge is 2.24. The van der Waals surface area contributed by atoms with Gasteiger partial charge in [0.05, 0.1) is 23.8 Å². The molecule has 0 radical (unpaired) electrons. The highest BCUT2D eigenvalue weighted by Crippen LogP contribution is 2.12. The van der Waals surface area contributed by atoms with Crippen LogP contribution in [0.15, 0.2) is 34.3 Å². The maximum absolute atomic E-state index is 12.4. The number of thiocarbonyl (C=S) groups is 1. The Hall–Kier alpha value is -2.08. The molecule has 1 heterocycles. The zero-order valence-corrected chi connectivity index (χ0v) is 14.3. The summed E-state index contributed by atoms with van der Waals surface area (Å²) < 4.78 is 27.6. The second-order valence-corrected chi connectivity index (χ2v) is 6.91. The molecule has 1 saturated heterocycles. The molecule has 1 amide bonds. The molecular formula is C13H17N5O4S2. The fourth-order valence-electron chi connectivity index (χ4n) is 1.96. The summed E-state index contributed by atoms with van der Waals surface area (Å²) in [6.07, 6.45) is 0. The average molecular weight is 371 g/mol. The lowest BCUT2D eigenvalue weighted by molar-refractivity contribution is -0.127. The molecule has 11 heteroatoms. The second kappa shape index (κ2) is 7.66. The molecule has 0 spiro atoms. The van der Waals surface area contributed by atoms with Crippen LogP contribution in [0.25, 0.3) is 0 Å². The summed E-state index contributed by atoms with van der Waals surface area (Å²) in [6, 6.07) is 5.55. The molecule has 1 aromatic rings. The highest BCUT2D eigenvalue weighted by atomic mass is 32.2. The number of sulfonamides is 1. The number of anilines is 1. The van der Waals surface area contributed by atoms with Gasteiger partial charge in [0.1, 0.15) is 4.99 Å². The van der Waals surface area contributed by atoms with E-state index in [0.717, 1.165) is 0 Å². The molecule has 1 aliphatic heterocycles. The summed E-state index contributed by atoms with van der Waals surface area (Å²) in [5.41, 5.74) is 8.58. The molecule has 1 aromatic carbocycles. The third-order valence-corrected chi connectivity index (χ3v) is 4.34. The fraction of sp³-hybridized carbons (Fsp3) is 0.308. The first-order valence-electron chi connectivity index (χ1n) is 6.92. The topological polar surface area (TPSA) is 140 Å². The van der Waals surface area contributed by atoms with E-state index in [-0.39, 0.29) is 21.5 Å². The fourth-order valence-corrected chi connectivity index (χ4v) is 2.61. The number of carbonyl (C=O) groups is 1. The SMILES string of the molecule is NC(=S)/C(=N/Nc1ccc(S(N)(=O)=O)cc1)C(=O)N1CCOCC1. The summed E-state index contributed by atoms with van der Waals surface area (Å²) in [5.74, 6) is -0.389. The molecule has 0 bridgehead atoms. The Morgan fingerprint density at radius 1 is 1.25 bits per heavy atom. The van der Waals surface area contributed by atoms with E-state index >= 15 is 0 Å². The number of ether oxygens (including phenoxy) is 1. The third kappa shape index (κ3) is 4.71. The van der Waals surface area contributed by atoms with Gasteiger partial charge in [-0.3, -0.25) is 10.2 Å². The van der Waals surface area contributed by atoms with Crippen molar-refractivity contribution < 1.29 is 17.9 Å². The number of nitrogens with zero attached hydrogens (tertiary/aromatic N) is 2. The van der Waals surface area contributed by atoms with E-state index < -0.39 is 10.0 Å². The van der Waals surface area contributed by atoms with E-state index in [4.69, 9.17) is 27.8 Å². The molecule has 2 rings (SSSR count). The Kier molecular flexibility index (Phi) is 5.83. The van der Waals surface area contributed by atoms with Crippen molar-refractivity contribution in [2.45, 2.75) is 4.90 Å². The zero-order valence-electron chi connectivity index (χ0n) is 12.6. The van der Waals surface area contributed by atoms with E-state index in [2.05, 4.69) is 10.5 Å². The molecule has 0 aromatic heterocycles. The number of nitrogens with one attached hydrogen (secondary N) is 1. The van der Waals surface area contributed by atoms with Crippen LogP contribution in [0.2, 0.25) is 0 Å². The summed E-state index contributed by atoms with van der Waals surface area (Å²) in [4.78, 5) is 13.8. The smallest absolute Gasteiger partial charge is 0.277 e. The minimum atomic E-state index is -3.77. The van der Waals surface area contributed by atoms with Crippen LogP contribution in [0.4, 0.5) is 5.69 Å².